The summed E-state index contributed by atoms with van der Waals surface area (Å²) < 4.78 is 14.1. The van der Waals surface area contributed by atoms with Crippen molar-refractivity contribution in [3.05, 3.63) is 58.1 Å². The fourth-order valence-corrected chi connectivity index (χ4v) is 3.46. The van der Waals surface area contributed by atoms with E-state index in [2.05, 4.69) is 31.1 Å². The molecular weight excluding hydrogens is 373 g/mol. The van der Waals surface area contributed by atoms with Gasteiger partial charge in [-0.2, -0.15) is 0 Å². The number of pyridine rings is 1. The third kappa shape index (κ3) is 3.93. The Morgan fingerprint density at radius 2 is 2.21 bits per heavy atom. The molecule has 2 heterocycles. The topological polar surface area (TPSA) is 45.2 Å². The molecule has 0 radical (unpaired) electrons. The van der Waals surface area contributed by atoms with Crippen LogP contribution in [0.4, 0.5) is 10.1 Å². The quantitative estimate of drug-likeness (QED) is 0.867. The van der Waals surface area contributed by atoms with E-state index in [0.717, 1.165) is 41.7 Å². The molecule has 0 spiro atoms. The van der Waals surface area contributed by atoms with E-state index < -0.39 is 0 Å². The zero-order chi connectivity index (χ0) is 17.1. The number of carbonyl (C=O) groups excluding carboxylic acids is 1. The van der Waals surface area contributed by atoms with Gasteiger partial charge in [0.05, 0.1) is 5.56 Å². The summed E-state index contributed by atoms with van der Waals surface area (Å²) in [5.74, 6) is -0.341. The van der Waals surface area contributed by atoms with Crippen LogP contribution in [0.2, 0.25) is 0 Å². The average Bonchev–Trinajstić information content (AvgIpc) is 2.55. The van der Waals surface area contributed by atoms with Gasteiger partial charge in [-0.25, -0.2) is 4.39 Å². The van der Waals surface area contributed by atoms with Crippen molar-refractivity contribution in [2.45, 2.75) is 25.8 Å². The zero-order valence-corrected chi connectivity index (χ0v) is 15.0. The number of nitrogens with zero attached hydrogens (tertiary/aromatic N) is 2. The molecule has 2 aromatic rings. The number of rotatable bonds is 3. The van der Waals surface area contributed by atoms with Crippen LogP contribution in [-0.2, 0) is 0 Å². The lowest BCUT2D eigenvalue weighted by molar-refractivity contribution is 0.0932. The van der Waals surface area contributed by atoms with E-state index in [1.165, 1.54) is 6.07 Å². The van der Waals surface area contributed by atoms with E-state index in [1.54, 1.807) is 24.5 Å². The number of aromatic nitrogens is 1. The molecule has 1 aromatic heterocycles. The molecule has 1 aliphatic heterocycles. The Balaban J connectivity index is 1.68. The molecule has 0 bridgehead atoms. The molecule has 3 rings (SSSR count). The third-order valence-corrected chi connectivity index (χ3v) is 4.66. The number of halogens is 2. The summed E-state index contributed by atoms with van der Waals surface area (Å²) in [6.07, 6.45) is 5.13. The van der Waals surface area contributed by atoms with Gasteiger partial charge in [-0.05, 0) is 65.5 Å². The Hall–Kier alpha value is -1.95. The van der Waals surface area contributed by atoms with Gasteiger partial charge in [0.2, 0.25) is 0 Å². The van der Waals surface area contributed by atoms with Crippen LogP contribution in [0, 0.1) is 12.7 Å². The summed E-state index contributed by atoms with van der Waals surface area (Å²) in [6, 6.07) is 6.66. The first kappa shape index (κ1) is 16.9. The number of anilines is 1. The lowest BCUT2D eigenvalue weighted by Gasteiger charge is -2.35. The molecule has 1 aliphatic rings. The molecule has 1 atom stereocenters. The molecule has 4 nitrogen and oxygen atoms in total. The van der Waals surface area contributed by atoms with Gasteiger partial charge in [0, 0.05) is 41.7 Å². The smallest absolute Gasteiger partial charge is 0.253 e. The number of aryl methyl sites for hydroxylation is 1. The number of amides is 1. The van der Waals surface area contributed by atoms with Gasteiger partial charge >= 0.3 is 0 Å². The van der Waals surface area contributed by atoms with Crippen LogP contribution in [0.1, 0.15) is 28.8 Å². The molecule has 1 aromatic carbocycles. The highest BCUT2D eigenvalue weighted by molar-refractivity contribution is 9.10. The van der Waals surface area contributed by atoms with Crippen molar-refractivity contribution in [1.82, 2.24) is 10.3 Å². The van der Waals surface area contributed by atoms with Crippen LogP contribution in [0.5, 0.6) is 0 Å². The molecule has 0 aliphatic carbocycles. The molecule has 24 heavy (non-hydrogen) atoms. The van der Waals surface area contributed by atoms with Crippen molar-refractivity contribution in [3.8, 4) is 0 Å². The van der Waals surface area contributed by atoms with Crippen molar-refractivity contribution in [1.29, 1.82) is 0 Å². The van der Waals surface area contributed by atoms with Crippen molar-refractivity contribution >= 4 is 27.5 Å². The molecule has 126 valence electrons. The van der Waals surface area contributed by atoms with Gasteiger partial charge in [-0.1, -0.05) is 0 Å². The summed E-state index contributed by atoms with van der Waals surface area (Å²) in [7, 11) is 0. The van der Waals surface area contributed by atoms with Gasteiger partial charge < -0.3 is 10.2 Å². The molecular formula is C18H19BrFN3O. The first-order valence-electron chi connectivity index (χ1n) is 7.95. The third-order valence-electron chi connectivity index (χ3n) is 4.22. The highest BCUT2D eigenvalue weighted by Crippen LogP contribution is 2.24. The maximum atomic E-state index is 13.3. The van der Waals surface area contributed by atoms with Gasteiger partial charge in [0.15, 0.2) is 0 Å². The number of nitrogens with one attached hydrogen (secondary N) is 1. The molecule has 1 unspecified atom stereocenters. The predicted octanol–water partition coefficient (Wildman–Crippen LogP) is 3.69. The SMILES string of the molecule is Cc1cc(F)ccc1N1CCCC(NC(=O)c2cncc(Br)c2)C1. The van der Waals surface area contributed by atoms with Crippen molar-refractivity contribution in [2.75, 3.05) is 18.0 Å². The van der Waals surface area contributed by atoms with Gasteiger partial charge in [-0.3, -0.25) is 9.78 Å². The summed E-state index contributed by atoms with van der Waals surface area (Å²) in [5, 5.41) is 3.08. The van der Waals surface area contributed by atoms with Crippen LogP contribution in [0.25, 0.3) is 0 Å². The monoisotopic (exact) mass is 391 g/mol. The van der Waals surface area contributed by atoms with E-state index in [0.29, 0.717) is 5.56 Å². The van der Waals surface area contributed by atoms with E-state index in [9.17, 15) is 9.18 Å². The molecule has 1 N–H and O–H groups in total. The van der Waals surface area contributed by atoms with Gasteiger partial charge in [0.25, 0.3) is 5.91 Å². The number of carbonyl (C=O) groups is 1. The Bertz CT molecular complexity index is 753. The zero-order valence-electron chi connectivity index (χ0n) is 13.4. The average molecular weight is 392 g/mol. The number of benzene rings is 1. The van der Waals surface area contributed by atoms with Gasteiger partial charge in [0.1, 0.15) is 5.82 Å². The number of piperidine rings is 1. The minimum absolute atomic E-state index is 0.0645. The van der Waals surface area contributed by atoms with Gasteiger partial charge in [-0.15, -0.1) is 0 Å². The Kier molecular flexibility index (Phi) is 5.14. The molecule has 6 heteroatoms. The van der Waals surface area contributed by atoms with Crippen LogP contribution in [0.15, 0.2) is 41.1 Å². The fourth-order valence-electron chi connectivity index (χ4n) is 3.09. The predicted molar refractivity (Wildman–Crippen MR) is 95.8 cm³/mol. The van der Waals surface area contributed by atoms with E-state index in [4.69, 9.17) is 0 Å². The molecule has 0 saturated carbocycles. The number of hydrogen-bond donors (Lipinski definition) is 1. The fraction of sp³-hybridized carbons (Fsp3) is 0.333. The van der Waals surface area contributed by atoms with Crippen LogP contribution >= 0.6 is 15.9 Å². The minimum atomic E-state index is -0.222. The summed E-state index contributed by atoms with van der Waals surface area (Å²) in [5.41, 5.74) is 2.48. The standard InChI is InChI=1S/C18H19BrFN3O/c1-12-7-15(20)4-5-17(12)23-6-2-3-16(11-23)22-18(24)13-8-14(19)10-21-9-13/h4-5,7-10,16H,2-3,6,11H2,1H3,(H,22,24). The maximum Gasteiger partial charge on any atom is 0.253 e. The van der Waals surface area contributed by atoms with Crippen molar-refractivity contribution in [3.63, 3.8) is 0 Å². The highest BCUT2D eigenvalue weighted by Gasteiger charge is 2.23. The lowest BCUT2D eigenvalue weighted by atomic mass is 10.0. The Morgan fingerprint density at radius 3 is 2.96 bits per heavy atom. The summed E-state index contributed by atoms with van der Waals surface area (Å²) >= 11 is 3.33. The molecule has 1 fully saturated rings. The summed E-state index contributed by atoms with van der Waals surface area (Å²) in [4.78, 5) is 18.6. The van der Waals surface area contributed by atoms with Crippen LogP contribution in [0.3, 0.4) is 0 Å². The second-order valence-electron chi connectivity index (χ2n) is 6.08. The Morgan fingerprint density at radius 1 is 1.38 bits per heavy atom. The minimum Gasteiger partial charge on any atom is -0.369 e. The van der Waals surface area contributed by atoms with Crippen LogP contribution < -0.4 is 10.2 Å². The van der Waals surface area contributed by atoms with Crippen molar-refractivity contribution in [2.24, 2.45) is 0 Å². The second-order valence-corrected chi connectivity index (χ2v) is 7.00. The molecule has 1 saturated heterocycles. The largest absolute Gasteiger partial charge is 0.369 e. The lowest BCUT2D eigenvalue weighted by Crippen LogP contribution is -2.48. The van der Waals surface area contributed by atoms with E-state index in [1.807, 2.05) is 13.0 Å². The second kappa shape index (κ2) is 7.30. The Labute approximate surface area is 149 Å². The normalized spacial score (nSPS) is 17.6. The highest BCUT2D eigenvalue weighted by atomic mass is 79.9. The van der Waals surface area contributed by atoms with E-state index in [-0.39, 0.29) is 17.8 Å². The maximum absolute atomic E-state index is 13.3. The van der Waals surface area contributed by atoms with Crippen LogP contribution in [-0.4, -0.2) is 30.0 Å². The van der Waals surface area contributed by atoms with E-state index >= 15 is 0 Å². The first-order chi connectivity index (χ1) is 11.5. The van der Waals surface area contributed by atoms with Crippen molar-refractivity contribution < 1.29 is 9.18 Å². The first-order valence-corrected chi connectivity index (χ1v) is 8.75. The summed E-state index contributed by atoms with van der Waals surface area (Å²) in [6.45, 7) is 3.55. The molecule has 1 amide bonds. The number of hydrogen-bond acceptors (Lipinski definition) is 3.